The van der Waals surface area contributed by atoms with Gasteiger partial charge in [-0.1, -0.05) is 44.6 Å². The van der Waals surface area contributed by atoms with Crippen LogP contribution in [0.1, 0.15) is 74.6 Å². The Morgan fingerprint density at radius 2 is 1.69 bits per heavy atom. The average molecular weight is 423 g/mol. The van der Waals surface area contributed by atoms with Gasteiger partial charge in [0.25, 0.3) is 5.91 Å². The standard InChI is InChI=1S/C21H30N2O5S/c1-23(17-10-4-2-5-11-17)29(27,28)18-12-8-9-16(15-18)19(24)22-21(20(25)26)13-6-3-7-14-21/h8-9,12,15,17H,2-7,10-11,13-14H2,1H3,(H,22,24)(H,25,26). The van der Waals surface area contributed by atoms with Crippen LogP contribution < -0.4 is 5.32 Å². The van der Waals surface area contributed by atoms with Gasteiger partial charge in [0.05, 0.1) is 4.90 Å². The molecule has 2 aliphatic rings. The van der Waals surface area contributed by atoms with Gasteiger partial charge in [-0.3, -0.25) is 4.79 Å². The summed E-state index contributed by atoms with van der Waals surface area (Å²) in [5.41, 5.74) is -1.11. The van der Waals surface area contributed by atoms with Gasteiger partial charge in [0.2, 0.25) is 10.0 Å². The van der Waals surface area contributed by atoms with Crippen LogP contribution in [-0.2, 0) is 14.8 Å². The number of carbonyl (C=O) groups excluding carboxylic acids is 1. The van der Waals surface area contributed by atoms with Crippen LogP contribution in [0.15, 0.2) is 29.2 Å². The first-order valence-electron chi connectivity index (χ1n) is 10.4. The highest BCUT2D eigenvalue weighted by Crippen LogP contribution is 2.30. The monoisotopic (exact) mass is 422 g/mol. The van der Waals surface area contributed by atoms with Gasteiger partial charge in [0.15, 0.2) is 0 Å². The molecule has 1 aromatic carbocycles. The van der Waals surface area contributed by atoms with Gasteiger partial charge in [-0.15, -0.1) is 0 Å². The Morgan fingerprint density at radius 1 is 1.07 bits per heavy atom. The van der Waals surface area contributed by atoms with Crippen LogP contribution in [-0.4, -0.2) is 48.3 Å². The number of carboxylic acids is 1. The smallest absolute Gasteiger partial charge is 0.329 e. The Kier molecular flexibility index (Phi) is 6.63. The van der Waals surface area contributed by atoms with Crippen molar-refractivity contribution in [2.45, 2.75) is 80.7 Å². The molecule has 1 amide bonds. The fourth-order valence-electron chi connectivity index (χ4n) is 4.44. The van der Waals surface area contributed by atoms with E-state index in [9.17, 15) is 23.1 Å². The molecular formula is C21H30N2O5S. The molecule has 0 bridgehead atoms. The molecule has 2 N–H and O–H groups in total. The number of amides is 1. The van der Waals surface area contributed by atoms with Gasteiger partial charge >= 0.3 is 5.97 Å². The molecule has 0 saturated heterocycles. The second kappa shape index (κ2) is 8.83. The van der Waals surface area contributed by atoms with Gasteiger partial charge in [-0.2, -0.15) is 4.31 Å². The summed E-state index contributed by atoms with van der Waals surface area (Å²) in [7, 11) is -2.13. The van der Waals surface area contributed by atoms with Crippen molar-refractivity contribution in [1.82, 2.24) is 9.62 Å². The molecule has 2 fully saturated rings. The van der Waals surface area contributed by atoms with Crippen molar-refractivity contribution in [2.24, 2.45) is 0 Å². The molecule has 0 aromatic heterocycles. The van der Waals surface area contributed by atoms with Crippen molar-refractivity contribution >= 4 is 21.9 Å². The third kappa shape index (κ3) is 4.64. The predicted molar refractivity (Wildman–Crippen MR) is 109 cm³/mol. The lowest BCUT2D eigenvalue weighted by Crippen LogP contribution is -2.55. The summed E-state index contributed by atoms with van der Waals surface area (Å²) < 4.78 is 27.6. The lowest BCUT2D eigenvalue weighted by molar-refractivity contribution is -0.145. The summed E-state index contributed by atoms with van der Waals surface area (Å²) >= 11 is 0. The Morgan fingerprint density at radius 3 is 2.31 bits per heavy atom. The number of hydrogen-bond donors (Lipinski definition) is 2. The third-order valence-corrected chi connectivity index (χ3v) is 8.24. The van der Waals surface area contributed by atoms with E-state index in [1.165, 1.54) is 28.6 Å². The Labute approximate surface area is 172 Å². The normalized spacial score (nSPS) is 20.3. The molecule has 3 rings (SSSR count). The average Bonchev–Trinajstić information content (AvgIpc) is 2.74. The van der Waals surface area contributed by atoms with Gasteiger partial charge in [-0.05, 0) is 43.9 Å². The molecule has 7 nitrogen and oxygen atoms in total. The van der Waals surface area contributed by atoms with Crippen LogP contribution in [0.3, 0.4) is 0 Å². The van der Waals surface area contributed by atoms with E-state index in [0.29, 0.717) is 12.8 Å². The molecule has 29 heavy (non-hydrogen) atoms. The lowest BCUT2D eigenvalue weighted by atomic mass is 9.81. The van der Waals surface area contributed by atoms with Crippen molar-refractivity contribution < 1.29 is 23.1 Å². The number of hydrogen-bond acceptors (Lipinski definition) is 4. The largest absolute Gasteiger partial charge is 0.480 e. The maximum absolute atomic E-state index is 13.1. The fraction of sp³-hybridized carbons (Fsp3) is 0.619. The van der Waals surface area contributed by atoms with E-state index >= 15 is 0 Å². The zero-order valence-corrected chi connectivity index (χ0v) is 17.7. The zero-order chi connectivity index (χ0) is 21.1. The van der Waals surface area contributed by atoms with Crippen molar-refractivity contribution in [3.63, 3.8) is 0 Å². The first-order valence-corrected chi connectivity index (χ1v) is 11.8. The highest BCUT2D eigenvalue weighted by molar-refractivity contribution is 7.89. The summed E-state index contributed by atoms with van der Waals surface area (Å²) in [4.78, 5) is 24.7. The molecule has 0 heterocycles. The Balaban J connectivity index is 1.81. The second-order valence-electron chi connectivity index (χ2n) is 8.24. The minimum absolute atomic E-state index is 0.0243. The van der Waals surface area contributed by atoms with Gasteiger partial charge in [0, 0.05) is 18.7 Å². The minimum atomic E-state index is -3.72. The summed E-state index contributed by atoms with van der Waals surface area (Å²) in [6.45, 7) is 0. The zero-order valence-electron chi connectivity index (χ0n) is 16.9. The van der Waals surface area contributed by atoms with Crippen LogP contribution in [0.25, 0.3) is 0 Å². The number of rotatable bonds is 6. The number of nitrogens with zero attached hydrogens (tertiary/aromatic N) is 1. The summed E-state index contributed by atoms with van der Waals surface area (Å²) in [5.74, 6) is -1.59. The summed E-state index contributed by atoms with van der Waals surface area (Å²) in [6, 6.07) is 5.86. The molecule has 160 valence electrons. The topological polar surface area (TPSA) is 104 Å². The predicted octanol–water partition coefficient (Wildman–Crippen LogP) is 3.16. The first-order chi connectivity index (χ1) is 13.8. The van der Waals surface area contributed by atoms with Crippen LogP contribution >= 0.6 is 0 Å². The molecule has 0 aliphatic heterocycles. The molecule has 0 spiro atoms. The molecule has 8 heteroatoms. The van der Waals surface area contributed by atoms with Gasteiger partial charge < -0.3 is 10.4 Å². The highest BCUT2D eigenvalue weighted by Gasteiger charge is 2.41. The quantitative estimate of drug-likeness (QED) is 0.733. The molecule has 2 saturated carbocycles. The summed E-state index contributed by atoms with van der Waals surface area (Å²) in [6.07, 6.45) is 8.06. The number of benzene rings is 1. The van der Waals surface area contributed by atoms with Crippen LogP contribution in [0, 0.1) is 0 Å². The second-order valence-corrected chi connectivity index (χ2v) is 10.2. The number of aliphatic carboxylic acids is 1. The number of carbonyl (C=O) groups is 2. The number of carboxylic acid groups (broad SMARTS) is 1. The first kappa shape index (κ1) is 21.8. The van der Waals surface area contributed by atoms with Gasteiger partial charge in [-0.25, -0.2) is 13.2 Å². The maximum Gasteiger partial charge on any atom is 0.329 e. The van der Waals surface area contributed by atoms with E-state index < -0.39 is 27.4 Å². The van der Waals surface area contributed by atoms with E-state index in [0.717, 1.165) is 51.4 Å². The van der Waals surface area contributed by atoms with E-state index in [2.05, 4.69) is 5.32 Å². The fourth-order valence-corrected chi connectivity index (χ4v) is 5.90. The molecule has 2 aliphatic carbocycles. The van der Waals surface area contributed by atoms with Crippen LogP contribution in [0.2, 0.25) is 0 Å². The van der Waals surface area contributed by atoms with E-state index in [-0.39, 0.29) is 16.5 Å². The molecule has 1 aromatic rings. The van der Waals surface area contributed by atoms with Crippen LogP contribution in [0.5, 0.6) is 0 Å². The maximum atomic E-state index is 13.1. The third-order valence-electron chi connectivity index (χ3n) is 6.33. The van der Waals surface area contributed by atoms with Crippen molar-refractivity contribution in [3.8, 4) is 0 Å². The number of nitrogens with one attached hydrogen (secondary N) is 1. The molecular weight excluding hydrogens is 392 g/mol. The Hall–Kier alpha value is -1.93. The summed E-state index contributed by atoms with van der Waals surface area (Å²) in [5, 5.41) is 12.3. The van der Waals surface area contributed by atoms with E-state index in [4.69, 9.17) is 0 Å². The van der Waals surface area contributed by atoms with Crippen molar-refractivity contribution in [1.29, 1.82) is 0 Å². The van der Waals surface area contributed by atoms with E-state index in [1.807, 2.05) is 0 Å². The van der Waals surface area contributed by atoms with Crippen molar-refractivity contribution in [3.05, 3.63) is 29.8 Å². The van der Waals surface area contributed by atoms with Crippen molar-refractivity contribution in [2.75, 3.05) is 7.05 Å². The minimum Gasteiger partial charge on any atom is -0.480 e. The Bertz CT molecular complexity index is 856. The molecule has 0 atom stereocenters. The van der Waals surface area contributed by atoms with E-state index in [1.54, 1.807) is 7.05 Å². The number of sulfonamides is 1. The molecule has 0 radical (unpaired) electrons. The SMILES string of the molecule is CN(C1CCCCC1)S(=O)(=O)c1cccc(C(=O)NC2(C(=O)O)CCCCC2)c1. The van der Waals surface area contributed by atoms with Gasteiger partial charge in [0.1, 0.15) is 5.54 Å². The lowest BCUT2D eigenvalue weighted by Gasteiger charge is -2.34. The van der Waals surface area contributed by atoms with Crippen LogP contribution in [0.4, 0.5) is 0 Å². The molecule has 0 unspecified atom stereocenters. The highest BCUT2D eigenvalue weighted by atomic mass is 32.2.